The molecule has 0 aliphatic heterocycles. The second kappa shape index (κ2) is 5.68. The standard InChI is InChI=1S/C8H6F4N2O5S/c9-6-3-5(1-2-7(6)14(15)16)20(17,18)13-19-4-8(10,11)12/h1-3,13H,4H2. The Morgan fingerprint density at radius 3 is 2.40 bits per heavy atom. The maximum atomic E-state index is 13.2. The van der Waals surface area contributed by atoms with E-state index in [1.807, 2.05) is 0 Å². The van der Waals surface area contributed by atoms with Gasteiger partial charge in [-0.05, 0) is 6.07 Å². The van der Waals surface area contributed by atoms with Crippen LogP contribution in [-0.4, -0.2) is 26.1 Å². The third-order valence-corrected chi connectivity index (χ3v) is 3.04. The van der Waals surface area contributed by atoms with Gasteiger partial charge < -0.3 is 0 Å². The lowest BCUT2D eigenvalue weighted by molar-refractivity contribution is -0.387. The van der Waals surface area contributed by atoms with Crippen LogP contribution in [0.5, 0.6) is 0 Å². The van der Waals surface area contributed by atoms with Gasteiger partial charge in [0.1, 0.15) is 0 Å². The van der Waals surface area contributed by atoms with E-state index in [4.69, 9.17) is 0 Å². The molecule has 0 saturated carbocycles. The number of benzene rings is 1. The lowest BCUT2D eigenvalue weighted by Crippen LogP contribution is -2.29. The van der Waals surface area contributed by atoms with Crippen molar-refractivity contribution in [3.05, 3.63) is 34.1 Å². The quantitative estimate of drug-likeness (QED) is 0.504. The molecular formula is C8H6F4N2O5S. The Balaban J connectivity index is 2.88. The van der Waals surface area contributed by atoms with E-state index in [1.165, 1.54) is 0 Å². The number of nitro benzene ring substituents is 1. The second-order valence-electron chi connectivity index (χ2n) is 3.36. The Morgan fingerprint density at radius 1 is 1.35 bits per heavy atom. The first-order valence-corrected chi connectivity index (χ1v) is 6.15. The van der Waals surface area contributed by atoms with E-state index >= 15 is 0 Å². The maximum Gasteiger partial charge on any atom is 0.413 e. The zero-order chi connectivity index (χ0) is 15.6. The molecule has 7 nitrogen and oxygen atoms in total. The summed E-state index contributed by atoms with van der Waals surface area (Å²) in [4.78, 5) is 13.3. The average Bonchev–Trinajstić information content (AvgIpc) is 2.26. The van der Waals surface area contributed by atoms with Gasteiger partial charge in [0, 0.05) is 12.1 Å². The highest BCUT2D eigenvalue weighted by atomic mass is 32.2. The van der Waals surface area contributed by atoms with Crippen LogP contribution in [0.4, 0.5) is 23.2 Å². The highest BCUT2D eigenvalue weighted by Crippen LogP contribution is 2.21. The van der Waals surface area contributed by atoms with Crippen molar-refractivity contribution in [1.29, 1.82) is 0 Å². The third-order valence-electron chi connectivity index (χ3n) is 1.83. The lowest BCUT2D eigenvalue weighted by Gasteiger charge is -2.09. The number of sulfonamides is 1. The number of hydrogen-bond acceptors (Lipinski definition) is 5. The molecule has 0 fully saturated rings. The largest absolute Gasteiger partial charge is 0.413 e. The van der Waals surface area contributed by atoms with Gasteiger partial charge in [0.05, 0.1) is 9.82 Å². The van der Waals surface area contributed by atoms with Crippen molar-refractivity contribution in [3.8, 4) is 0 Å². The first kappa shape index (κ1) is 16.3. The molecule has 0 amide bonds. The minimum Gasteiger partial charge on any atom is -0.277 e. The van der Waals surface area contributed by atoms with E-state index in [1.54, 1.807) is 0 Å². The van der Waals surface area contributed by atoms with Gasteiger partial charge in [-0.15, -0.1) is 0 Å². The van der Waals surface area contributed by atoms with E-state index in [9.17, 15) is 36.1 Å². The molecule has 1 rings (SSSR count). The Labute approximate surface area is 109 Å². The molecule has 0 aromatic heterocycles. The number of halogens is 4. The molecule has 0 bridgehead atoms. The van der Waals surface area contributed by atoms with Crippen LogP contribution in [0.3, 0.4) is 0 Å². The summed E-state index contributed by atoms with van der Waals surface area (Å²) in [5.41, 5.74) is -0.972. The smallest absolute Gasteiger partial charge is 0.277 e. The molecule has 0 atom stereocenters. The zero-order valence-electron chi connectivity index (χ0n) is 9.35. The second-order valence-corrected chi connectivity index (χ2v) is 5.01. The van der Waals surface area contributed by atoms with Crippen LogP contribution in [0.15, 0.2) is 23.1 Å². The van der Waals surface area contributed by atoms with E-state index < -0.39 is 44.1 Å². The van der Waals surface area contributed by atoms with Gasteiger partial charge in [-0.1, -0.05) is 4.89 Å². The Kier molecular flexibility index (Phi) is 4.62. The topological polar surface area (TPSA) is 98.5 Å². The van der Waals surface area contributed by atoms with Crippen molar-refractivity contribution in [2.24, 2.45) is 0 Å². The number of nitro groups is 1. The molecule has 0 aliphatic rings. The maximum absolute atomic E-state index is 13.2. The van der Waals surface area contributed by atoms with Gasteiger partial charge in [0.25, 0.3) is 10.0 Å². The molecule has 20 heavy (non-hydrogen) atoms. The molecule has 0 spiro atoms. The Bertz CT molecular complexity index is 616. The Hall–Kier alpha value is -1.79. The van der Waals surface area contributed by atoms with E-state index in [0.29, 0.717) is 12.1 Å². The number of nitrogens with one attached hydrogen (secondary N) is 1. The molecule has 0 radical (unpaired) electrons. The summed E-state index contributed by atoms with van der Waals surface area (Å²) < 4.78 is 71.2. The summed E-state index contributed by atoms with van der Waals surface area (Å²) in [6.07, 6.45) is -4.76. The van der Waals surface area contributed by atoms with Crippen molar-refractivity contribution < 1.29 is 35.7 Å². The van der Waals surface area contributed by atoms with Gasteiger partial charge in [0.2, 0.25) is 5.82 Å². The minimum atomic E-state index is -4.76. The number of alkyl halides is 3. The summed E-state index contributed by atoms with van der Waals surface area (Å²) in [5.74, 6) is -1.45. The summed E-state index contributed by atoms with van der Waals surface area (Å²) in [5, 5.41) is 10.3. The molecule has 0 unspecified atom stereocenters. The van der Waals surface area contributed by atoms with Gasteiger partial charge in [-0.3, -0.25) is 15.0 Å². The Morgan fingerprint density at radius 2 is 1.95 bits per heavy atom. The molecule has 1 aromatic rings. The number of rotatable bonds is 5. The molecule has 0 saturated heterocycles. The first-order chi connectivity index (χ1) is 9.03. The fourth-order valence-corrected chi connectivity index (χ4v) is 1.86. The summed E-state index contributed by atoms with van der Waals surface area (Å²) in [6.45, 7) is -1.89. The van der Waals surface area contributed by atoms with E-state index in [-0.39, 0.29) is 6.07 Å². The van der Waals surface area contributed by atoms with Crippen molar-refractivity contribution in [3.63, 3.8) is 0 Å². The fraction of sp³-hybridized carbons (Fsp3) is 0.250. The van der Waals surface area contributed by atoms with Crippen molar-refractivity contribution >= 4 is 15.7 Å². The number of nitrogens with zero attached hydrogens (tertiary/aromatic N) is 1. The average molecular weight is 318 g/mol. The van der Waals surface area contributed by atoms with Crippen LogP contribution >= 0.6 is 0 Å². The van der Waals surface area contributed by atoms with Crippen LogP contribution < -0.4 is 4.89 Å². The highest BCUT2D eigenvalue weighted by Gasteiger charge is 2.29. The van der Waals surface area contributed by atoms with Gasteiger partial charge in [-0.2, -0.15) is 17.6 Å². The first-order valence-electron chi connectivity index (χ1n) is 4.67. The number of hydrogen-bond donors (Lipinski definition) is 1. The molecule has 0 aliphatic carbocycles. The van der Waals surface area contributed by atoms with Crippen molar-refractivity contribution in [2.75, 3.05) is 6.61 Å². The molecule has 0 heterocycles. The van der Waals surface area contributed by atoms with Crippen LogP contribution in [0, 0.1) is 15.9 Å². The summed E-state index contributed by atoms with van der Waals surface area (Å²) in [7, 11) is -4.58. The predicted molar refractivity (Wildman–Crippen MR) is 55.4 cm³/mol. The van der Waals surface area contributed by atoms with Crippen molar-refractivity contribution in [1.82, 2.24) is 4.89 Å². The van der Waals surface area contributed by atoms with E-state index in [2.05, 4.69) is 4.84 Å². The lowest BCUT2D eigenvalue weighted by atomic mass is 10.3. The van der Waals surface area contributed by atoms with Gasteiger partial charge in [-0.25, -0.2) is 8.42 Å². The van der Waals surface area contributed by atoms with Crippen molar-refractivity contribution in [2.45, 2.75) is 11.1 Å². The van der Waals surface area contributed by atoms with Gasteiger partial charge >= 0.3 is 11.9 Å². The predicted octanol–water partition coefficient (Wildman–Crippen LogP) is 1.51. The van der Waals surface area contributed by atoms with Crippen LogP contribution in [0.25, 0.3) is 0 Å². The zero-order valence-corrected chi connectivity index (χ0v) is 10.2. The minimum absolute atomic E-state index is 0.289. The molecule has 112 valence electrons. The SMILES string of the molecule is O=[N+]([O-])c1ccc(S(=O)(=O)NOCC(F)(F)F)cc1F. The van der Waals surface area contributed by atoms with Crippen LogP contribution in [-0.2, 0) is 14.9 Å². The van der Waals surface area contributed by atoms with E-state index in [0.717, 1.165) is 4.89 Å². The van der Waals surface area contributed by atoms with Crippen LogP contribution in [0.2, 0.25) is 0 Å². The molecule has 12 heteroatoms. The molecular weight excluding hydrogens is 312 g/mol. The van der Waals surface area contributed by atoms with Crippen LogP contribution in [0.1, 0.15) is 0 Å². The third kappa shape index (κ3) is 4.40. The highest BCUT2D eigenvalue weighted by molar-refractivity contribution is 7.89. The molecule has 1 aromatic carbocycles. The normalized spacial score (nSPS) is 12.4. The monoisotopic (exact) mass is 318 g/mol. The fourth-order valence-electron chi connectivity index (χ4n) is 1.04. The summed E-state index contributed by atoms with van der Waals surface area (Å²) in [6, 6.07) is 1.51. The summed E-state index contributed by atoms with van der Waals surface area (Å²) >= 11 is 0. The van der Waals surface area contributed by atoms with Gasteiger partial charge in [0.15, 0.2) is 6.61 Å². The molecule has 1 N–H and O–H groups in total.